The first kappa shape index (κ1) is 13.6. The largest absolute Gasteiger partial charge is 0.383 e. The summed E-state index contributed by atoms with van der Waals surface area (Å²) in [4.78, 5) is 18.8. The predicted octanol–water partition coefficient (Wildman–Crippen LogP) is 3.06. The van der Waals surface area contributed by atoms with Crippen molar-refractivity contribution < 1.29 is 4.79 Å². The highest BCUT2D eigenvalue weighted by Crippen LogP contribution is 2.25. The molecule has 1 aliphatic heterocycles. The maximum absolute atomic E-state index is 12.8. The number of nitrogens with one attached hydrogen (secondary N) is 1. The van der Waals surface area contributed by atoms with E-state index in [0.717, 1.165) is 18.7 Å². The fraction of sp³-hybridized carbons (Fsp3) is 0.294. The highest BCUT2D eigenvalue weighted by atomic mass is 16.2. The van der Waals surface area contributed by atoms with Gasteiger partial charge in [0.2, 0.25) is 0 Å². The number of carbonyl (C=O) groups is 1. The molecule has 0 saturated carbocycles. The number of rotatable bonds is 4. The molecule has 1 aliphatic rings. The molecule has 2 aromatic rings. The number of nitrogens with zero attached hydrogens (tertiary/aromatic N) is 2. The van der Waals surface area contributed by atoms with Crippen molar-refractivity contribution in [1.29, 1.82) is 0 Å². The van der Waals surface area contributed by atoms with Gasteiger partial charge in [-0.25, -0.2) is 0 Å². The average molecular weight is 281 g/mol. The zero-order valence-electron chi connectivity index (χ0n) is 12.2. The van der Waals surface area contributed by atoms with E-state index in [1.165, 1.54) is 11.1 Å². The Bertz CT molecular complexity index is 629. The molecule has 0 atom stereocenters. The van der Waals surface area contributed by atoms with E-state index in [-0.39, 0.29) is 5.91 Å². The van der Waals surface area contributed by atoms with Crippen LogP contribution < -0.4 is 5.32 Å². The molecule has 0 aliphatic carbocycles. The lowest BCUT2D eigenvalue weighted by Crippen LogP contribution is -2.26. The Morgan fingerprint density at radius 1 is 1.24 bits per heavy atom. The van der Waals surface area contributed by atoms with E-state index >= 15 is 0 Å². The van der Waals surface area contributed by atoms with E-state index in [1.54, 1.807) is 18.5 Å². The van der Waals surface area contributed by atoms with Crippen LogP contribution in [0.2, 0.25) is 0 Å². The Hall–Kier alpha value is -2.36. The van der Waals surface area contributed by atoms with Crippen LogP contribution in [-0.2, 0) is 13.1 Å². The van der Waals surface area contributed by atoms with Gasteiger partial charge in [0, 0.05) is 25.8 Å². The fourth-order valence-electron chi connectivity index (χ4n) is 2.63. The number of carbonyl (C=O) groups excluding carboxylic acids is 1. The number of hydrogen-bond donors (Lipinski definition) is 1. The van der Waals surface area contributed by atoms with Crippen molar-refractivity contribution in [1.82, 2.24) is 9.88 Å². The monoisotopic (exact) mass is 281 g/mol. The van der Waals surface area contributed by atoms with Gasteiger partial charge in [-0.15, -0.1) is 0 Å². The summed E-state index contributed by atoms with van der Waals surface area (Å²) in [7, 11) is 0. The summed E-state index contributed by atoms with van der Waals surface area (Å²) in [6.45, 7) is 4.31. The summed E-state index contributed by atoms with van der Waals surface area (Å²) >= 11 is 0. The third-order valence-electron chi connectivity index (χ3n) is 3.74. The van der Waals surface area contributed by atoms with Gasteiger partial charge >= 0.3 is 0 Å². The Balaban J connectivity index is 1.81. The standard InChI is InChI=1S/C17H19N3O/c1-2-8-19-16-10-18-9-7-15(16)17(21)20-11-13-5-3-4-6-14(13)12-20/h3-7,9-10,19H,2,8,11-12H2,1H3. The Morgan fingerprint density at radius 3 is 2.62 bits per heavy atom. The van der Waals surface area contributed by atoms with Crippen molar-refractivity contribution in [3.63, 3.8) is 0 Å². The quantitative estimate of drug-likeness (QED) is 0.936. The number of anilines is 1. The molecule has 0 fully saturated rings. The van der Waals surface area contributed by atoms with Gasteiger partial charge in [0.1, 0.15) is 0 Å². The Morgan fingerprint density at radius 2 is 1.95 bits per heavy atom. The number of pyridine rings is 1. The molecule has 0 unspecified atom stereocenters. The van der Waals surface area contributed by atoms with Crippen LogP contribution in [0.4, 0.5) is 5.69 Å². The lowest BCUT2D eigenvalue weighted by Gasteiger charge is -2.18. The predicted molar refractivity (Wildman–Crippen MR) is 83.0 cm³/mol. The average Bonchev–Trinajstić information content (AvgIpc) is 2.96. The van der Waals surface area contributed by atoms with E-state index in [9.17, 15) is 4.79 Å². The summed E-state index contributed by atoms with van der Waals surface area (Å²) in [6.07, 6.45) is 4.41. The minimum absolute atomic E-state index is 0.0622. The van der Waals surface area contributed by atoms with Gasteiger partial charge in [0.25, 0.3) is 5.91 Å². The lowest BCUT2D eigenvalue weighted by atomic mass is 10.1. The van der Waals surface area contributed by atoms with Gasteiger partial charge in [0.05, 0.1) is 17.4 Å². The number of hydrogen-bond acceptors (Lipinski definition) is 3. The second-order valence-electron chi connectivity index (χ2n) is 5.28. The molecule has 21 heavy (non-hydrogen) atoms. The van der Waals surface area contributed by atoms with Gasteiger partial charge in [-0.3, -0.25) is 9.78 Å². The van der Waals surface area contributed by atoms with Crippen LogP contribution in [0.3, 0.4) is 0 Å². The molecule has 4 heteroatoms. The first-order valence-corrected chi connectivity index (χ1v) is 7.33. The summed E-state index contributed by atoms with van der Waals surface area (Å²) in [5, 5.41) is 3.28. The van der Waals surface area contributed by atoms with Gasteiger partial charge < -0.3 is 10.2 Å². The minimum atomic E-state index is 0.0622. The number of fused-ring (bicyclic) bond motifs is 1. The van der Waals surface area contributed by atoms with Gasteiger partial charge in [-0.1, -0.05) is 31.2 Å². The van der Waals surface area contributed by atoms with Gasteiger partial charge in [-0.2, -0.15) is 0 Å². The van der Waals surface area contributed by atoms with Gasteiger partial charge in [0.15, 0.2) is 0 Å². The molecule has 1 N–H and O–H groups in total. The summed E-state index contributed by atoms with van der Waals surface area (Å²) < 4.78 is 0. The van der Waals surface area contributed by atoms with Crippen LogP contribution in [0.15, 0.2) is 42.7 Å². The van der Waals surface area contributed by atoms with Crippen LogP contribution in [0.1, 0.15) is 34.8 Å². The topological polar surface area (TPSA) is 45.2 Å². The van der Waals surface area contributed by atoms with Crippen LogP contribution in [-0.4, -0.2) is 22.3 Å². The van der Waals surface area contributed by atoms with Crippen molar-refractivity contribution in [2.24, 2.45) is 0 Å². The van der Waals surface area contributed by atoms with Gasteiger partial charge in [-0.05, 0) is 23.6 Å². The Kier molecular flexibility index (Phi) is 3.86. The molecular formula is C17H19N3O. The number of amides is 1. The SMILES string of the molecule is CCCNc1cnccc1C(=O)N1Cc2ccccc2C1. The van der Waals surface area contributed by atoms with Crippen molar-refractivity contribution in [3.05, 3.63) is 59.4 Å². The third kappa shape index (κ3) is 2.75. The molecular weight excluding hydrogens is 262 g/mol. The van der Waals surface area contributed by atoms with E-state index in [0.29, 0.717) is 18.7 Å². The molecule has 1 amide bonds. The van der Waals surface area contributed by atoms with E-state index in [4.69, 9.17) is 0 Å². The molecule has 1 aromatic carbocycles. The maximum atomic E-state index is 12.8. The molecule has 108 valence electrons. The number of benzene rings is 1. The zero-order valence-corrected chi connectivity index (χ0v) is 12.2. The maximum Gasteiger partial charge on any atom is 0.256 e. The first-order chi connectivity index (χ1) is 10.3. The smallest absolute Gasteiger partial charge is 0.256 e. The molecule has 0 bridgehead atoms. The molecule has 3 rings (SSSR count). The fourth-order valence-corrected chi connectivity index (χ4v) is 2.63. The van der Waals surface area contributed by atoms with Crippen molar-refractivity contribution in [2.45, 2.75) is 26.4 Å². The van der Waals surface area contributed by atoms with E-state index in [1.807, 2.05) is 17.0 Å². The number of aromatic nitrogens is 1. The van der Waals surface area contributed by atoms with Crippen LogP contribution in [0, 0.1) is 0 Å². The van der Waals surface area contributed by atoms with E-state index in [2.05, 4.69) is 29.4 Å². The van der Waals surface area contributed by atoms with Crippen LogP contribution >= 0.6 is 0 Å². The molecule has 4 nitrogen and oxygen atoms in total. The lowest BCUT2D eigenvalue weighted by molar-refractivity contribution is 0.0752. The highest BCUT2D eigenvalue weighted by molar-refractivity contribution is 5.99. The first-order valence-electron chi connectivity index (χ1n) is 7.33. The highest BCUT2D eigenvalue weighted by Gasteiger charge is 2.25. The van der Waals surface area contributed by atoms with Crippen LogP contribution in [0.5, 0.6) is 0 Å². The van der Waals surface area contributed by atoms with Crippen molar-refractivity contribution >= 4 is 11.6 Å². The summed E-state index contributed by atoms with van der Waals surface area (Å²) in [5.74, 6) is 0.0622. The second-order valence-corrected chi connectivity index (χ2v) is 5.28. The van der Waals surface area contributed by atoms with Crippen molar-refractivity contribution in [3.8, 4) is 0 Å². The molecule has 1 aromatic heterocycles. The summed E-state index contributed by atoms with van der Waals surface area (Å²) in [6, 6.07) is 10.0. The van der Waals surface area contributed by atoms with Crippen LogP contribution in [0.25, 0.3) is 0 Å². The zero-order chi connectivity index (χ0) is 14.7. The van der Waals surface area contributed by atoms with Crippen molar-refractivity contribution in [2.75, 3.05) is 11.9 Å². The molecule has 2 heterocycles. The molecule has 0 spiro atoms. The molecule has 0 saturated heterocycles. The minimum Gasteiger partial charge on any atom is -0.383 e. The molecule has 0 radical (unpaired) electrons. The normalized spacial score (nSPS) is 13.1. The third-order valence-corrected chi connectivity index (χ3v) is 3.74. The summed E-state index contributed by atoms with van der Waals surface area (Å²) in [5.41, 5.74) is 4.00. The second kappa shape index (κ2) is 5.95. The van der Waals surface area contributed by atoms with E-state index < -0.39 is 0 Å². The Labute approximate surface area is 124 Å².